The summed E-state index contributed by atoms with van der Waals surface area (Å²) in [6.45, 7) is 1.52. The number of nitro groups is 1. The van der Waals surface area contributed by atoms with Crippen molar-refractivity contribution in [3.05, 3.63) is 47.7 Å². The molecular formula is C12H8BrCl2NO4S. The van der Waals surface area contributed by atoms with Crippen molar-refractivity contribution >= 4 is 56.2 Å². The predicted octanol–water partition coefficient (Wildman–Crippen LogP) is 5.57. The van der Waals surface area contributed by atoms with Crippen LogP contribution in [0.1, 0.15) is 17.9 Å². The number of thiophene rings is 1. The Morgan fingerprint density at radius 3 is 2.62 bits per heavy atom. The maximum atomic E-state index is 11.0. The van der Waals surface area contributed by atoms with Gasteiger partial charge in [-0.05, 0) is 28.9 Å². The summed E-state index contributed by atoms with van der Waals surface area (Å²) in [5, 5.41) is 21.2. The molecule has 0 fully saturated rings. The summed E-state index contributed by atoms with van der Waals surface area (Å²) in [5.74, 6) is 0.201. The van der Waals surface area contributed by atoms with E-state index in [1.807, 2.05) is 0 Å². The lowest BCUT2D eigenvalue weighted by Crippen LogP contribution is -1.90. The van der Waals surface area contributed by atoms with E-state index in [-0.39, 0.29) is 21.5 Å². The first kappa shape index (κ1) is 16.5. The van der Waals surface area contributed by atoms with E-state index in [2.05, 4.69) is 15.9 Å². The number of aliphatic hydroxyl groups is 1. The second kappa shape index (κ2) is 6.50. The first-order valence-electron chi connectivity index (χ1n) is 5.58. The van der Waals surface area contributed by atoms with Gasteiger partial charge in [-0.25, -0.2) is 0 Å². The van der Waals surface area contributed by atoms with E-state index in [0.29, 0.717) is 14.4 Å². The van der Waals surface area contributed by atoms with Crippen molar-refractivity contribution in [2.45, 2.75) is 13.0 Å². The summed E-state index contributed by atoms with van der Waals surface area (Å²) in [5.41, 5.74) is -0.231. The number of aliphatic hydroxyl groups excluding tert-OH is 1. The minimum Gasteiger partial charge on any atom is -0.438 e. The lowest BCUT2D eigenvalue weighted by Gasteiger charge is -2.07. The maximum Gasteiger partial charge on any atom is 0.323 e. The van der Waals surface area contributed by atoms with E-state index in [0.717, 1.165) is 11.3 Å². The predicted molar refractivity (Wildman–Crippen MR) is 85.8 cm³/mol. The molecule has 1 N–H and O–H groups in total. The third-order valence-electron chi connectivity index (χ3n) is 2.48. The summed E-state index contributed by atoms with van der Waals surface area (Å²) in [4.78, 5) is 10.9. The Labute approximate surface area is 142 Å². The van der Waals surface area contributed by atoms with Crippen LogP contribution in [0.15, 0.2) is 22.7 Å². The molecular weight excluding hydrogens is 405 g/mol. The van der Waals surface area contributed by atoms with Crippen LogP contribution in [0.25, 0.3) is 0 Å². The van der Waals surface area contributed by atoms with E-state index in [1.165, 1.54) is 25.1 Å². The second-order valence-corrected chi connectivity index (χ2v) is 6.77. The average Bonchev–Trinajstić information content (AvgIpc) is 2.80. The summed E-state index contributed by atoms with van der Waals surface area (Å²) in [6, 6.07) is 4.27. The molecule has 0 aliphatic rings. The van der Waals surface area contributed by atoms with Gasteiger partial charge in [-0.15, -0.1) is 0 Å². The molecule has 0 saturated heterocycles. The zero-order valence-electron chi connectivity index (χ0n) is 10.5. The molecule has 0 saturated carbocycles. The quantitative estimate of drug-likeness (QED) is 0.404. The molecule has 0 bridgehead atoms. The molecule has 5 nitrogen and oxygen atoms in total. The number of halogens is 3. The van der Waals surface area contributed by atoms with Crippen LogP contribution in [0, 0.1) is 10.1 Å². The second-order valence-electron chi connectivity index (χ2n) is 4.05. The summed E-state index contributed by atoms with van der Waals surface area (Å²) >= 11 is 16.2. The molecule has 1 aromatic carbocycles. The highest BCUT2D eigenvalue weighted by molar-refractivity contribution is 9.10. The van der Waals surface area contributed by atoms with E-state index < -0.39 is 11.0 Å². The Morgan fingerprint density at radius 1 is 1.38 bits per heavy atom. The van der Waals surface area contributed by atoms with Crippen molar-refractivity contribution in [3.8, 4) is 10.8 Å². The van der Waals surface area contributed by atoms with Crippen LogP contribution < -0.4 is 4.74 Å². The molecule has 0 spiro atoms. The summed E-state index contributed by atoms with van der Waals surface area (Å²) < 4.78 is 6.09. The number of rotatable bonds is 4. The molecule has 112 valence electrons. The van der Waals surface area contributed by atoms with Crippen LogP contribution in [0.5, 0.6) is 10.8 Å². The molecule has 2 rings (SSSR count). The third-order valence-corrected chi connectivity index (χ3v) is 5.15. The van der Waals surface area contributed by atoms with Gasteiger partial charge in [0, 0.05) is 21.5 Å². The maximum absolute atomic E-state index is 11.0. The van der Waals surface area contributed by atoms with Gasteiger partial charge in [-0.3, -0.25) is 10.1 Å². The van der Waals surface area contributed by atoms with Crippen LogP contribution >= 0.6 is 50.5 Å². The monoisotopic (exact) mass is 411 g/mol. The SMILES string of the molecule is C[C@H](O)c1cc([N+](=O)[O-])c(Oc2cc(Cl)c(Br)cc2Cl)s1. The molecule has 0 radical (unpaired) electrons. The van der Waals surface area contributed by atoms with Crippen molar-refractivity contribution < 1.29 is 14.8 Å². The number of ether oxygens (including phenoxy) is 1. The highest BCUT2D eigenvalue weighted by Crippen LogP contribution is 2.44. The molecule has 0 unspecified atom stereocenters. The summed E-state index contributed by atoms with van der Waals surface area (Å²) in [7, 11) is 0. The van der Waals surface area contributed by atoms with Crippen molar-refractivity contribution in [2.24, 2.45) is 0 Å². The van der Waals surface area contributed by atoms with E-state index in [4.69, 9.17) is 27.9 Å². The minimum absolute atomic E-state index is 0.0381. The fourth-order valence-corrected chi connectivity index (χ4v) is 3.23. The van der Waals surface area contributed by atoms with Gasteiger partial charge in [0.15, 0.2) is 0 Å². The Morgan fingerprint density at radius 2 is 2.05 bits per heavy atom. The summed E-state index contributed by atoms with van der Waals surface area (Å²) in [6.07, 6.45) is -0.824. The first-order chi connectivity index (χ1) is 9.79. The third kappa shape index (κ3) is 3.67. The number of hydrogen-bond acceptors (Lipinski definition) is 5. The van der Waals surface area contributed by atoms with Crippen LogP contribution in [-0.4, -0.2) is 10.0 Å². The lowest BCUT2D eigenvalue weighted by molar-refractivity contribution is -0.385. The molecule has 2 aromatic rings. The highest BCUT2D eigenvalue weighted by atomic mass is 79.9. The van der Waals surface area contributed by atoms with E-state index in [9.17, 15) is 15.2 Å². The lowest BCUT2D eigenvalue weighted by atomic mass is 10.3. The highest BCUT2D eigenvalue weighted by Gasteiger charge is 2.24. The number of nitrogens with zero attached hydrogens (tertiary/aromatic N) is 1. The molecule has 21 heavy (non-hydrogen) atoms. The van der Waals surface area contributed by atoms with Crippen LogP contribution in [0.4, 0.5) is 5.69 Å². The molecule has 1 atom stereocenters. The first-order valence-corrected chi connectivity index (χ1v) is 7.94. The number of benzene rings is 1. The van der Waals surface area contributed by atoms with Gasteiger partial charge in [0.25, 0.3) is 5.06 Å². The van der Waals surface area contributed by atoms with Gasteiger partial charge in [0.1, 0.15) is 5.75 Å². The molecule has 1 heterocycles. The number of hydrogen-bond donors (Lipinski definition) is 1. The Kier molecular flexibility index (Phi) is 5.11. The van der Waals surface area contributed by atoms with Gasteiger partial charge in [0.05, 0.1) is 21.1 Å². The van der Waals surface area contributed by atoms with Crippen LogP contribution in [-0.2, 0) is 0 Å². The van der Waals surface area contributed by atoms with Gasteiger partial charge in [0.2, 0.25) is 0 Å². The topological polar surface area (TPSA) is 72.6 Å². The smallest absolute Gasteiger partial charge is 0.323 e. The Bertz CT molecular complexity index is 705. The van der Waals surface area contributed by atoms with Gasteiger partial charge < -0.3 is 9.84 Å². The van der Waals surface area contributed by atoms with Gasteiger partial charge in [-0.1, -0.05) is 34.5 Å². The van der Waals surface area contributed by atoms with E-state index >= 15 is 0 Å². The zero-order chi connectivity index (χ0) is 15.7. The normalized spacial score (nSPS) is 12.2. The molecule has 0 amide bonds. The molecule has 0 aliphatic carbocycles. The fraction of sp³-hybridized carbons (Fsp3) is 0.167. The van der Waals surface area contributed by atoms with Crippen molar-refractivity contribution in [1.29, 1.82) is 0 Å². The molecule has 1 aromatic heterocycles. The Balaban J connectivity index is 2.43. The zero-order valence-corrected chi connectivity index (χ0v) is 14.4. The van der Waals surface area contributed by atoms with Gasteiger partial charge >= 0.3 is 5.69 Å². The standard InChI is InChI=1S/C12H8BrCl2NO4S/c1-5(17)11-4-9(16(18)19)12(21-11)20-10-3-7(14)6(13)2-8(10)15/h2-5,17H,1H3/t5-/m0/s1. The molecule has 0 aliphatic heterocycles. The Hall–Kier alpha value is -0.860. The van der Waals surface area contributed by atoms with Crippen molar-refractivity contribution in [3.63, 3.8) is 0 Å². The van der Waals surface area contributed by atoms with Crippen molar-refractivity contribution in [2.75, 3.05) is 0 Å². The average molecular weight is 413 g/mol. The largest absolute Gasteiger partial charge is 0.438 e. The fourth-order valence-electron chi connectivity index (χ4n) is 1.47. The van der Waals surface area contributed by atoms with Gasteiger partial charge in [-0.2, -0.15) is 0 Å². The minimum atomic E-state index is -0.824. The van der Waals surface area contributed by atoms with Crippen LogP contribution in [0.3, 0.4) is 0 Å². The molecule has 9 heteroatoms. The van der Waals surface area contributed by atoms with Crippen molar-refractivity contribution in [1.82, 2.24) is 0 Å². The van der Waals surface area contributed by atoms with E-state index in [1.54, 1.807) is 0 Å². The van der Waals surface area contributed by atoms with Crippen LogP contribution in [0.2, 0.25) is 10.0 Å².